The van der Waals surface area contributed by atoms with Crippen molar-refractivity contribution in [2.45, 2.75) is 25.2 Å². The van der Waals surface area contributed by atoms with Crippen LogP contribution in [0, 0.1) is 0 Å². The van der Waals surface area contributed by atoms with Crippen molar-refractivity contribution in [3.05, 3.63) is 22.2 Å². The molecule has 1 N–H and O–H groups in total. The topological polar surface area (TPSA) is 67.5 Å². The van der Waals surface area contributed by atoms with Gasteiger partial charge in [0.05, 0.1) is 6.61 Å². The molecule has 1 aromatic heterocycles. The Hall–Kier alpha value is -1.40. The van der Waals surface area contributed by atoms with E-state index >= 15 is 0 Å². The molecular formula is C14H23N3O3. The molecule has 1 aromatic rings. The van der Waals surface area contributed by atoms with Crippen molar-refractivity contribution in [2.75, 3.05) is 45.4 Å². The number of hydrogen-bond acceptors (Lipinski definition) is 5. The van der Waals surface area contributed by atoms with Gasteiger partial charge in [-0.3, -0.25) is 4.79 Å². The average Bonchev–Trinajstić information content (AvgIpc) is 3.26. The average molecular weight is 281 g/mol. The molecule has 1 aliphatic rings. The van der Waals surface area contributed by atoms with E-state index in [9.17, 15) is 4.79 Å². The van der Waals surface area contributed by atoms with E-state index in [-0.39, 0.29) is 5.56 Å². The van der Waals surface area contributed by atoms with Crippen LogP contribution in [-0.4, -0.2) is 50.5 Å². The summed E-state index contributed by atoms with van der Waals surface area (Å²) in [6.07, 6.45) is 3.13. The van der Waals surface area contributed by atoms with Crippen LogP contribution < -0.4 is 10.5 Å². The summed E-state index contributed by atoms with van der Waals surface area (Å²) in [5.41, 5.74) is -0.0777. The molecule has 0 unspecified atom stereocenters. The van der Waals surface area contributed by atoms with Gasteiger partial charge in [0.1, 0.15) is 11.6 Å². The fourth-order valence-electron chi connectivity index (χ4n) is 2.12. The van der Waals surface area contributed by atoms with E-state index in [1.54, 1.807) is 20.3 Å². The van der Waals surface area contributed by atoms with Gasteiger partial charge in [-0.25, -0.2) is 4.98 Å². The molecule has 0 bridgehead atoms. The highest BCUT2D eigenvalue weighted by atomic mass is 16.5. The highest BCUT2D eigenvalue weighted by molar-refractivity contribution is 5.38. The number of rotatable bonds is 9. The minimum absolute atomic E-state index is 0.0777. The molecule has 0 spiro atoms. The molecule has 1 fully saturated rings. The Bertz CT molecular complexity index is 471. The molecule has 2 rings (SSSR count). The molecule has 1 aliphatic carbocycles. The Morgan fingerprint density at radius 3 is 2.70 bits per heavy atom. The molecule has 20 heavy (non-hydrogen) atoms. The molecule has 6 heteroatoms. The highest BCUT2D eigenvalue weighted by Crippen LogP contribution is 2.37. The first-order chi connectivity index (χ1) is 9.74. The standard InChI is InChI=1S/C14H23N3O3/c1-19-8-3-6-17(7-9-20-2)12-10-13(18)16-14(15-12)11-4-5-11/h10-11H,3-9H2,1-2H3,(H,15,16,18). The third-order valence-electron chi connectivity index (χ3n) is 3.38. The van der Waals surface area contributed by atoms with Crippen LogP contribution in [0.2, 0.25) is 0 Å². The summed E-state index contributed by atoms with van der Waals surface area (Å²) in [5, 5.41) is 0. The van der Waals surface area contributed by atoms with Crippen LogP contribution in [0.5, 0.6) is 0 Å². The van der Waals surface area contributed by atoms with Gasteiger partial charge >= 0.3 is 0 Å². The monoisotopic (exact) mass is 281 g/mol. The van der Waals surface area contributed by atoms with Gasteiger partial charge < -0.3 is 19.4 Å². The minimum Gasteiger partial charge on any atom is -0.385 e. The third-order valence-corrected chi connectivity index (χ3v) is 3.38. The summed E-state index contributed by atoms with van der Waals surface area (Å²) < 4.78 is 10.2. The number of ether oxygens (including phenoxy) is 2. The summed E-state index contributed by atoms with van der Waals surface area (Å²) in [5.74, 6) is 2.00. The van der Waals surface area contributed by atoms with E-state index in [1.807, 2.05) is 0 Å². The quantitative estimate of drug-likeness (QED) is 0.687. The number of methoxy groups -OCH3 is 2. The van der Waals surface area contributed by atoms with Crippen LogP contribution in [0.3, 0.4) is 0 Å². The predicted molar refractivity (Wildman–Crippen MR) is 77.4 cm³/mol. The number of aromatic amines is 1. The molecule has 0 atom stereocenters. The fraction of sp³-hybridized carbons (Fsp3) is 0.714. The smallest absolute Gasteiger partial charge is 0.252 e. The van der Waals surface area contributed by atoms with E-state index < -0.39 is 0 Å². The van der Waals surface area contributed by atoms with Crippen molar-refractivity contribution in [2.24, 2.45) is 0 Å². The van der Waals surface area contributed by atoms with Crippen molar-refractivity contribution < 1.29 is 9.47 Å². The van der Waals surface area contributed by atoms with Gasteiger partial charge in [-0.1, -0.05) is 0 Å². The van der Waals surface area contributed by atoms with Gasteiger partial charge in [0.15, 0.2) is 0 Å². The van der Waals surface area contributed by atoms with Crippen molar-refractivity contribution in [1.29, 1.82) is 0 Å². The number of nitrogens with zero attached hydrogens (tertiary/aromatic N) is 2. The van der Waals surface area contributed by atoms with Crippen LogP contribution in [-0.2, 0) is 9.47 Å². The lowest BCUT2D eigenvalue weighted by Gasteiger charge is -2.23. The summed E-state index contributed by atoms with van der Waals surface area (Å²) in [4.78, 5) is 21.3. The van der Waals surface area contributed by atoms with Gasteiger partial charge in [0.25, 0.3) is 5.56 Å². The lowest BCUT2D eigenvalue weighted by atomic mass is 10.3. The first-order valence-corrected chi connectivity index (χ1v) is 7.08. The Morgan fingerprint density at radius 2 is 2.05 bits per heavy atom. The molecular weight excluding hydrogens is 258 g/mol. The first-order valence-electron chi connectivity index (χ1n) is 7.08. The molecule has 0 saturated heterocycles. The Labute approximate surface area is 119 Å². The second kappa shape index (κ2) is 7.40. The van der Waals surface area contributed by atoms with E-state index in [0.29, 0.717) is 19.1 Å². The van der Waals surface area contributed by atoms with Crippen molar-refractivity contribution in [3.63, 3.8) is 0 Å². The minimum atomic E-state index is -0.0777. The molecule has 6 nitrogen and oxygen atoms in total. The van der Waals surface area contributed by atoms with Crippen LogP contribution in [0.4, 0.5) is 5.82 Å². The molecule has 0 amide bonds. The van der Waals surface area contributed by atoms with Gasteiger partial charge in [0.2, 0.25) is 0 Å². The third kappa shape index (κ3) is 4.31. The Kier molecular flexibility index (Phi) is 5.55. The maximum Gasteiger partial charge on any atom is 0.252 e. The fourth-order valence-corrected chi connectivity index (χ4v) is 2.12. The summed E-state index contributed by atoms with van der Waals surface area (Å²) >= 11 is 0. The van der Waals surface area contributed by atoms with Crippen LogP contribution >= 0.6 is 0 Å². The summed E-state index contributed by atoms with van der Waals surface area (Å²) in [6.45, 7) is 2.83. The molecule has 1 heterocycles. The normalized spacial score (nSPS) is 14.5. The number of hydrogen-bond donors (Lipinski definition) is 1. The summed E-state index contributed by atoms with van der Waals surface area (Å²) in [6, 6.07) is 1.56. The van der Waals surface area contributed by atoms with E-state index in [0.717, 1.165) is 44.0 Å². The van der Waals surface area contributed by atoms with Gasteiger partial charge in [0, 0.05) is 45.9 Å². The van der Waals surface area contributed by atoms with Crippen molar-refractivity contribution in [1.82, 2.24) is 9.97 Å². The van der Waals surface area contributed by atoms with Gasteiger partial charge in [-0.15, -0.1) is 0 Å². The van der Waals surface area contributed by atoms with E-state index in [1.165, 1.54) is 0 Å². The van der Waals surface area contributed by atoms with Gasteiger partial charge in [-0.05, 0) is 19.3 Å². The summed E-state index contributed by atoms with van der Waals surface area (Å²) in [7, 11) is 3.37. The maximum atomic E-state index is 11.8. The van der Waals surface area contributed by atoms with Crippen molar-refractivity contribution >= 4 is 5.82 Å². The largest absolute Gasteiger partial charge is 0.385 e. The SMILES string of the molecule is COCCCN(CCOC)c1cc(=O)[nH]c(C2CC2)n1. The highest BCUT2D eigenvalue weighted by Gasteiger charge is 2.27. The lowest BCUT2D eigenvalue weighted by Crippen LogP contribution is -2.31. The number of H-pyrrole nitrogens is 1. The van der Waals surface area contributed by atoms with E-state index in [4.69, 9.17) is 9.47 Å². The van der Waals surface area contributed by atoms with E-state index in [2.05, 4.69) is 14.9 Å². The molecule has 0 aliphatic heterocycles. The Morgan fingerprint density at radius 1 is 1.30 bits per heavy atom. The zero-order chi connectivity index (χ0) is 14.4. The van der Waals surface area contributed by atoms with Crippen LogP contribution in [0.25, 0.3) is 0 Å². The molecule has 1 saturated carbocycles. The van der Waals surface area contributed by atoms with Crippen LogP contribution in [0.1, 0.15) is 31.0 Å². The Balaban J connectivity index is 2.10. The second-order valence-electron chi connectivity index (χ2n) is 5.09. The van der Waals surface area contributed by atoms with Gasteiger partial charge in [-0.2, -0.15) is 0 Å². The molecule has 0 aromatic carbocycles. The molecule has 112 valence electrons. The predicted octanol–water partition coefficient (Wildman–Crippen LogP) is 1.14. The van der Waals surface area contributed by atoms with Crippen molar-refractivity contribution in [3.8, 4) is 0 Å². The number of anilines is 1. The molecule has 0 radical (unpaired) electrons. The number of aromatic nitrogens is 2. The maximum absolute atomic E-state index is 11.8. The number of nitrogens with one attached hydrogen (secondary N) is 1. The zero-order valence-electron chi connectivity index (χ0n) is 12.2. The zero-order valence-corrected chi connectivity index (χ0v) is 12.2. The van der Waals surface area contributed by atoms with Crippen LogP contribution in [0.15, 0.2) is 10.9 Å². The lowest BCUT2D eigenvalue weighted by molar-refractivity contribution is 0.191. The second-order valence-corrected chi connectivity index (χ2v) is 5.09. The first kappa shape index (κ1) is 15.0.